The second-order valence-corrected chi connectivity index (χ2v) is 7.47. The maximum atomic E-state index is 12.5. The lowest BCUT2D eigenvalue weighted by atomic mass is 10.1. The quantitative estimate of drug-likeness (QED) is 0.199. The van der Waals surface area contributed by atoms with E-state index in [1.165, 1.54) is 10.7 Å². The predicted molar refractivity (Wildman–Crippen MR) is 122 cm³/mol. The van der Waals surface area contributed by atoms with Gasteiger partial charge in [0, 0.05) is 23.9 Å². The van der Waals surface area contributed by atoms with Crippen LogP contribution in [0.3, 0.4) is 0 Å². The van der Waals surface area contributed by atoms with Crippen LogP contribution < -0.4 is 10.6 Å². The zero-order valence-corrected chi connectivity index (χ0v) is 18.8. The number of hydrogen-bond acceptors (Lipinski definition) is 7. The number of aromatic hydroxyl groups is 1. The molecule has 12 heteroatoms. The molecule has 0 spiro atoms. The summed E-state index contributed by atoms with van der Waals surface area (Å²) in [5, 5.41) is 30.2. The smallest absolute Gasteiger partial charge is 0.312 e. The van der Waals surface area contributed by atoms with Crippen molar-refractivity contribution in [2.24, 2.45) is 0 Å². The van der Waals surface area contributed by atoms with Gasteiger partial charge in [0.05, 0.1) is 11.5 Å². The van der Waals surface area contributed by atoms with E-state index in [1.807, 2.05) is 26.0 Å². The van der Waals surface area contributed by atoms with Gasteiger partial charge in [0.1, 0.15) is 6.54 Å². The lowest BCUT2D eigenvalue weighted by Gasteiger charge is -2.07. The Labute approximate surface area is 193 Å². The van der Waals surface area contributed by atoms with Crippen LogP contribution in [0.4, 0.5) is 11.4 Å². The summed E-state index contributed by atoms with van der Waals surface area (Å²) >= 11 is 5.41. The van der Waals surface area contributed by atoms with E-state index in [9.17, 15) is 24.8 Å². The largest absolute Gasteiger partial charge is 0.502 e. The Morgan fingerprint density at radius 3 is 2.64 bits per heavy atom. The van der Waals surface area contributed by atoms with Crippen LogP contribution in [0.2, 0.25) is 0 Å². The molecule has 0 unspecified atom stereocenters. The fourth-order valence-corrected chi connectivity index (χ4v) is 3.54. The molecule has 172 valence electrons. The molecule has 11 nitrogen and oxygen atoms in total. The van der Waals surface area contributed by atoms with Gasteiger partial charge in [-0.25, -0.2) is 4.68 Å². The van der Waals surface area contributed by atoms with Crippen molar-refractivity contribution in [2.75, 3.05) is 5.32 Å². The number of anilines is 1. The Morgan fingerprint density at radius 2 is 1.97 bits per heavy atom. The molecule has 0 bridgehead atoms. The molecule has 0 atom stereocenters. The first-order valence-corrected chi connectivity index (χ1v) is 10.4. The molecular weight excluding hydrogens is 448 g/mol. The van der Waals surface area contributed by atoms with Crippen LogP contribution in [-0.4, -0.2) is 36.2 Å². The first kappa shape index (κ1) is 23.6. The Balaban J connectivity index is 1.72. The van der Waals surface area contributed by atoms with Crippen LogP contribution in [0.1, 0.15) is 28.7 Å². The average Bonchev–Trinajstić information content (AvgIpc) is 3.07. The monoisotopic (exact) mass is 470 g/mol. The van der Waals surface area contributed by atoms with Crippen LogP contribution in [0.5, 0.6) is 5.75 Å². The summed E-state index contributed by atoms with van der Waals surface area (Å²) in [7, 11) is 0. The number of carbonyl (C=O) groups excluding carboxylic acids is 2. The van der Waals surface area contributed by atoms with Crippen molar-refractivity contribution in [3.05, 3.63) is 74.3 Å². The highest BCUT2D eigenvalue weighted by Gasteiger charge is 2.17. The Morgan fingerprint density at radius 1 is 1.24 bits per heavy atom. The van der Waals surface area contributed by atoms with Crippen LogP contribution in [-0.2, 0) is 24.4 Å². The minimum absolute atomic E-state index is 0.115. The third-order valence-electron chi connectivity index (χ3n) is 4.86. The number of nitrogens with one attached hydrogen (secondary N) is 2. The highest BCUT2D eigenvalue weighted by molar-refractivity contribution is 7.71. The molecule has 33 heavy (non-hydrogen) atoms. The van der Waals surface area contributed by atoms with Crippen molar-refractivity contribution < 1.29 is 19.6 Å². The highest BCUT2D eigenvalue weighted by Crippen LogP contribution is 2.28. The molecule has 3 rings (SSSR count). The van der Waals surface area contributed by atoms with Crippen molar-refractivity contribution in [3.63, 3.8) is 0 Å². The number of nitro groups is 1. The minimum atomic E-state index is -0.749. The summed E-state index contributed by atoms with van der Waals surface area (Å²) in [5.41, 5.74) is 1.03. The van der Waals surface area contributed by atoms with Gasteiger partial charge in [-0.1, -0.05) is 18.2 Å². The second-order valence-electron chi connectivity index (χ2n) is 7.11. The zero-order valence-electron chi connectivity index (χ0n) is 17.9. The first-order valence-electron chi connectivity index (χ1n) is 9.98. The fraction of sp³-hybridized carbons (Fsp3) is 0.238. The van der Waals surface area contributed by atoms with E-state index in [1.54, 1.807) is 16.7 Å². The number of aryl methyl sites for hydroxylation is 1. The van der Waals surface area contributed by atoms with Crippen LogP contribution in [0.25, 0.3) is 0 Å². The summed E-state index contributed by atoms with van der Waals surface area (Å²) in [4.78, 5) is 35.2. The number of phenolic OH excluding ortho intramolecular Hbond substituents is 1. The molecule has 0 aliphatic rings. The Bertz CT molecular complexity index is 1280. The van der Waals surface area contributed by atoms with E-state index >= 15 is 0 Å². The number of carbonyl (C=O) groups is 2. The van der Waals surface area contributed by atoms with Gasteiger partial charge in [0.15, 0.2) is 16.3 Å². The number of hydrogen-bond donors (Lipinski definition) is 3. The maximum absolute atomic E-state index is 12.5. The topological polar surface area (TPSA) is 144 Å². The van der Waals surface area contributed by atoms with Crippen LogP contribution in [0, 0.1) is 21.8 Å². The second kappa shape index (κ2) is 10.0. The van der Waals surface area contributed by atoms with Crippen molar-refractivity contribution in [1.82, 2.24) is 19.7 Å². The fourth-order valence-electron chi connectivity index (χ4n) is 3.20. The summed E-state index contributed by atoms with van der Waals surface area (Å²) in [6, 6.07) is 10.7. The Kier molecular flexibility index (Phi) is 7.18. The number of nitro benzene ring substituents is 1. The number of phenols is 1. The zero-order chi connectivity index (χ0) is 24.1. The standard InChI is InChI=1S/C21H22N6O5S/c1-3-25-18(11-22-20(30)15-7-5-4-6-13(15)2)24-26(21(25)33)12-19(29)23-14-8-9-17(28)16(10-14)27(31)32/h4-10,28H,3,11-12H2,1-2H3,(H,22,30)(H,23,29). The van der Waals surface area contributed by atoms with Gasteiger partial charge in [-0.15, -0.1) is 0 Å². The molecule has 0 saturated heterocycles. The summed E-state index contributed by atoms with van der Waals surface area (Å²) in [6.07, 6.45) is 0. The first-order chi connectivity index (χ1) is 15.7. The molecule has 2 amide bonds. The minimum Gasteiger partial charge on any atom is -0.502 e. The third kappa shape index (κ3) is 5.41. The summed E-state index contributed by atoms with van der Waals surface area (Å²) in [5.74, 6) is -0.776. The number of amides is 2. The van der Waals surface area contributed by atoms with Gasteiger partial charge < -0.3 is 20.3 Å². The molecule has 1 heterocycles. The molecule has 0 fully saturated rings. The number of nitrogens with zero attached hydrogens (tertiary/aromatic N) is 4. The van der Waals surface area contributed by atoms with Crippen LogP contribution >= 0.6 is 12.2 Å². The molecule has 3 N–H and O–H groups in total. The molecular formula is C21H22N6O5S. The molecule has 0 radical (unpaired) electrons. The Hall–Kier alpha value is -4.06. The molecule has 0 aliphatic heterocycles. The number of aromatic nitrogens is 3. The van der Waals surface area contributed by atoms with Crippen LogP contribution in [0.15, 0.2) is 42.5 Å². The average molecular weight is 471 g/mol. The number of benzene rings is 2. The van der Waals surface area contributed by atoms with Gasteiger partial charge in [-0.3, -0.25) is 19.7 Å². The van der Waals surface area contributed by atoms with E-state index in [0.717, 1.165) is 17.7 Å². The third-order valence-corrected chi connectivity index (χ3v) is 5.29. The molecule has 3 aromatic rings. The molecule has 0 aliphatic carbocycles. The van der Waals surface area contributed by atoms with E-state index in [0.29, 0.717) is 22.7 Å². The van der Waals surface area contributed by atoms with Crippen molar-refractivity contribution in [2.45, 2.75) is 33.5 Å². The summed E-state index contributed by atoms with van der Waals surface area (Å²) in [6.45, 7) is 4.07. The van der Waals surface area contributed by atoms with Crippen molar-refractivity contribution >= 4 is 35.4 Å². The van der Waals surface area contributed by atoms with Crippen molar-refractivity contribution in [3.8, 4) is 5.75 Å². The van der Waals surface area contributed by atoms with Gasteiger partial charge >= 0.3 is 5.69 Å². The van der Waals surface area contributed by atoms with Gasteiger partial charge in [0.25, 0.3) is 5.91 Å². The van der Waals surface area contributed by atoms with Gasteiger partial charge in [0.2, 0.25) is 5.91 Å². The summed E-state index contributed by atoms with van der Waals surface area (Å²) < 4.78 is 3.31. The SMILES string of the molecule is CCn1c(CNC(=O)c2ccccc2C)nn(CC(=O)Nc2ccc(O)c([N+](=O)[O-])c2)c1=S. The van der Waals surface area contributed by atoms with E-state index in [4.69, 9.17) is 12.2 Å². The molecule has 0 saturated carbocycles. The maximum Gasteiger partial charge on any atom is 0.312 e. The lowest BCUT2D eigenvalue weighted by molar-refractivity contribution is -0.385. The van der Waals surface area contributed by atoms with E-state index in [2.05, 4.69) is 15.7 Å². The number of rotatable bonds is 8. The van der Waals surface area contributed by atoms with E-state index in [-0.39, 0.29) is 24.7 Å². The normalized spacial score (nSPS) is 10.6. The lowest BCUT2D eigenvalue weighted by Crippen LogP contribution is -2.25. The predicted octanol–water partition coefficient (Wildman–Crippen LogP) is 2.92. The van der Waals surface area contributed by atoms with E-state index < -0.39 is 22.3 Å². The van der Waals surface area contributed by atoms with Crippen molar-refractivity contribution in [1.29, 1.82) is 0 Å². The highest BCUT2D eigenvalue weighted by atomic mass is 32.1. The molecule has 2 aromatic carbocycles. The van der Waals surface area contributed by atoms with Gasteiger partial charge in [-0.2, -0.15) is 5.10 Å². The van der Waals surface area contributed by atoms with Gasteiger partial charge in [-0.05, 0) is 49.8 Å². The molecule has 1 aromatic heterocycles.